The minimum absolute atomic E-state index is 0.0530. The zero-order chi connectivity index (χ0) is 10.1. The van der Waals surface area contributed by atoms with E-state index < -0.39 is 0 Å². The highest BCUT2D eigenvalue weighted by Gasteiger charge is 1.89. The Hall–Kier alpha value is -1.58. The Morgan fingerprint density at radius 2 is 2.08 bits per heavy atom. The Bertz CT molecular complexity index is 232. The molecule has 0 aromatic rings. The van der Waals surface area contributed by atoms with Crippen molar-refractivity contribution >= 4 is 12.3 Å². The molecule has 0 aromatic carbocycles. The highest BCUT2D eigenvalue weighted by atomic mass is 16.1. The largest absolute Gasteiger partial charge is 0.353 e. The monoisotopic (exact) mass is 182 g/mol. The summed E-state index contributed by atoms with van der Waals surface area (Å²) in [6, 6.07) is 0. The van der Waals surface area contributed by atoms with Gasteiger partial charge in [-0.15, -0.1) is 0 Å². The van der Waals surface area contributed by atoms with Gasteiger partial charge in [0.15, 0.2) is 0 Å². The third-order valence-corrected chi connectivity index (χ3v) is 1.26. The number of amides is 2. The van der Waals surface area contributed by atoms with E-state index in [1.165, 1.54) is 13.1 Å². The van der Waals surface area contributed by atoms with Gasteiger partial charge in [-0.3, -0.25) is 9.59 Å². The summed E-state index contributed by atoms with van der Waals surface area (Å²) in [6.07, 6.45) is 5.62. The average Bonchev–Trinajstić information content (AvgIpc) is 2.09. The van der Waals surface area contributed by atoms with Gasteiger partial charge in [0.2, 0.25) is 12.3 Å². The number of rotatable bonds is 5. The molecule has 0 fully saturated rings. The van der Waals surface area contributed by atoms with Gasteiger partial charge < -0.3 is 10.6 Å². The predicted octanol–water partition coefficient (Wildman–Crippen LogP) is 0.328. The summed E-state index contributed by atoms with van der Waals surface area (Å²) in [5.74, 6) is -0.0530. The van der Waals surface area contributed by atoms with Crippen LogP contribution in [0.5, 0.6) is 0 Å². The van der Waals surface area contributed by atoms with Crippen LogP contribution in [0.1, 0.15) is 13.8 Å². The second-order valence-corrected chi connectivity index (χ2v) is 2.57. The Kier molecular flexibility index (Phi) is 6.23. The quantitative estimate of drug-likeness (QED) is 0.475. The molecule has 0 atom stereocenters. The van der Waals surface area contributed by atoms with Gasteiger partial charge >= 0.3 is 0 Å². The number of hydrogen-bond acceptors (Lipinski definition) is 2. The Morgan fingerprint density at radius 3 is 2.62 bits per heavy atom. The highest BCUT2D eigenvalue weighted by Crippen LogP contribution is 1.89. The molecule has 2 N–H and O–H groups in total. The topological polar surface area (TPSA) is 58.2 Å². The summed E-state index contributed by atoms with van der Waals surface area (Å²) in [7, 11) is 0. The molecular weight excluding hydrogens is 168 g/mol. The van der Waals surface area contributed by atoms with Crippen molar-refractivity contribution in [2.45, 2.75) is 13.8 Å². The van der Waals surface area contributed by atoms with Crippen molar-refractivity contribution in [2.24, 2.45) is 0 Å². The molecule has 0 rings (SSSR count). The number of allylic oxidation sites excluding steroid dienone is 2. The molecule has 4 nitrogen and oxygen atoms in total. The third kappa shape index (κ3) is 8.33. The van der Waals surface area contributed by atoms with E-state index >= 15 is 0 Å². The van der Waals surface area contributed by atoms with Crippen LogP contribution in [0.3, 0.4) is 0 Å². The third-order valence-electron chi connectivity index (χ3n) is 1.26. The van der Waals surface area contributed by atoms with Crippen molar-refractivity contribution < 1.29 is 9.59 Å². The summed E-state index contributed by atoms with van der Waals surface area (Å²) < 4.78 is 0. The standard InChI is InChI=1S/C9H14N2O2/c1-8(6-11-9(2)13)4-3-5-10-7-12/h3-5,7H,6H2,1-2H3,(H,10,12)(H,11,13)/b5-3-,8-4+. The van der Waals surface area contributed by atoms with E-state index in [4.69, 9.17) is 0 Å². The molecular formula is C9H14N2O2. The van der Waals surface area contributed by atoms with Crippen molar-refractivity contribution in [3.05, 3.63) is 23.9 Å². The molecule has 0 aliphatic rings. The van der Waals surface area contributed by atoms with E-state index in [0.29, 0.717) is 13.0 Å². The summed E-state index contributed by atoms with van der Waals surface area (Å²) in [5, 5.41) is 5.03. The lowest BCUT2D eigenvalue weighted by molar-refractivity contribution is -0.118. The van der Waals surface area contributed by atoms with Gasteiger partial charge in [0.05, 0.1) is 0 Å². The molecule has 4 heteroatoms. The summed E-state index contributed by atoms with van der Waals surface area (Å²) >= 11 is 0. The summed E-state index contributed by atoms with van der Waals surface area (Å²) in [6.45, 7) is 3.89. The second kappa shape index (κ2) is 7.09. The smallest absolute Gasteiger partial charge is 0.217 e. The minimum Gasteiger partial charge on any atom is -0.353 e. The van der Waals surface area contributed by atoms with E-state index in [2.05, 4.69) is 10.6 Å². The van der Waals surface area contributed by atoms with Gasteiger partial charge in [0.25, 0.3) is 0 Å². The van der Waals surface area contributed by atoms with E-state index in [9.17, 15) is 9.59 Å². The molecule has 0 saturated carbocycles. The Morgan fingerprint density at radius 1 is 1.38 bits per heavy atom. The average molecular weight is 182 g/mol. The van der Waals surface area contributed by atoms with Gasteiger partial charge in [0.1, 0.15) is 0 Å². The zero-order valence-electron chi connectivity index (χ0n) is 7.83. The fourth-order valence-electron chi connectivity index (χ4n) is 0.630. The normalized spacial score (nSPS) is 11.4. The fraction of sp³-hybridized carbons (Fsp3) is 0.333. The molecule has 0 saturated heterocycles. The first-order chi connectivity index (χ1) is 6.16. The first-order valence-electron chi connectivity index (χ1n) is 3.93. The van der Waals surface area contributed by atoms with Crippen LogP contribution >= 0.6 is 0 Å². The minimum atomic E-state index is -0.0530. The lowest BCUT2D eigenvalue weighted by atomic mass is 10.3. The van der Waals surface area contributed by atoms with Crippen molar-refractivity contribution in [2.75, 3.05) is 6.54 Å². The number of hydrogen-bond donors (Lipinski definition) is 2. The van der Waals surface area contributed by atoms with E-state index in [1.807, 2.05) is 13.0 Å². The molecule has 0 aliphatic carbocycles. The van der Waals surface area contributed by atoms with Crippen LogP contribution in [0.2, 0.25) is 0 Å². The van der Waals surface area contributed by atoms with Crippen LogP contribution in [0.4, 0.5) is 0 Å². The van der Waals surface area contributed by atoms with E-state index in [1.54, 1.807) is 6.08 Å². The molecule has 0 spiro atoms. The van der Waals surface area contributed by atoms with Crippen molar-refractivity contribution in [3.8, 4) is 0 Å². The predicted molar refractivity (Wildman–Crippen MR) is 50.8 cm³/mol. The molecule has 2 amide bonds. The van der Waals surface area contributed by atoms with Gasteiger partial charge in [-0.25, -0.2) is 0 Å². The SMILES string of the molecule is CC(=O)NC/C(C)=C/C=C\NC=O. The number of carbonyl (C=O) groups excluding carboxylic acids is 2. The molecule has 0 aromatic heterocycles. The first-order valence-corrected chi connectivity index (χ1v) is 3.93. The first kappa shape index (κ1) is 11.4. The molecule has 0 aliphatic heterocycles. The zero-order valence-corrected chi connectivity index (χ0v) is 7.83. The number of carbonyl (C=O) groups is 2. The maximum Gasteiger partial charge on any atom is 0.217 e. The number of nitrogens with one attached hydrogen (secondary N) is 2. The molecule has 72 valence electrons. The summed E-state index contributed by atoms with van der Waals surface area (Å²) in [5.41, 5.74) is 1.01. The van der Waals surface area contributed by atoms with Crippen LogP contribution in [0.15, 0.2) is 23.9 Å². The molecule has 0 heterocycles. The molecule has 13 heavy (non-hydrogen) atoms. The van der Waals surface area contributed by atoms with Gasteiger partial charge in [-0.05, 0) is 13.0 Å². The van der Waals surface area contributed by atoms with Gasteiger partial charge in [-0.1, -0.05) is 11.6 Å². The van der Waals surface area contributed by atoms with Crippen LogP contribution in [0.25, 0.3) is 0 Å². The van der Waals surface area contributed by atoms with E-state index in [-0.39, 0.29) is 5.91 Å². The maximum absolute atomic E-state index is 10.5. The van der Waals surface area contributed by atoms with E-state index in [0.717, 1.165) is 5.57 Å². The van der Waals surface area contributed by atoms with Crippen molar-refractivity contribution in [3.63, 3.8) is 0 Å². The summed E-state index contributed by atoms with van der Waals surface area (Å²) in [4.78, 5) is 20.3. The molecule has 0 unspecified atom stereocenters. The lowest BCUT2D eigenvalue weighted by Gasteiger charge is -1.99. The second-order valence-electron chi connectivity index (χ2n) is 2.57. The lowest BCUT2D eigenvalue weighted by Crippen LogP contribution is -2.21. The highest BCUT2D eigenvalue weighted by molar-refractivity contribution is 5.73. The van der Waals surface area contributed by atoms with Crippen LogP contribution in [-0.2, 0) is 9.59 Å². The Labute approximate surface area is 77.7 Å². The van der Waals surface area contributed by atoms with Crippen LogP contribution in [-0.4, -0.2) is 18.9 Å². The van der Waals surface area contributed by atoms with Crippen LogP contribution in [0, 0.1) is 0 Å². The van der Waals surface area contributed by atoms with Crippen molar-refractivity contribution in [1.82, 2.24) is 10.6 Å². The molecule has 0 radical (unpaired) electrons. The Balaban J connectivity index is 3.74. The molecule has 0 bridgehead atoms. The van der Waals surface area contributed by atoms with Gasteiger partial charge in [-0.2, -0.15) is 0 Å². The van der Waals surface area contributed by atoms with Crippen LogP contribution < -0.4 is 10.6 Å². The van der Waals surface area contributed by atoms with Gasteiger partial charge in [0, 0.05) is 19.7 Å². The van der Waals surface area contributed by atoms with Crippen molar-refractivity contribution in [1.29, 1.82) is 0 Å². The maximum atomic E-state index is 10.5. The fourth-order valence-corrected chi connectivity index (χ4v) is 0.630.